The number of unbranched alkanes of at least 4 members (excludes halogenated alkanes) is 20. The summed E-state index contributed by atoms with van der Waals surface area (Å²) in [6.07, 6.45) is 65.1. The van der Waals surface area contributed by atoms with Gasteiger partial charge in [-0.05, 0) is 116 Å². The Morgan fingerprint density at radius 3 is 1.09 bits per heavy atom. The molecule has 0 saturated heterocycles. The van der Waals surface area contributed by atoms with Gasteiger partial charge in [-0.25, -0.2) is 4.57 Å². The van der Waals surface area contributed by atoms with Crippen LogP contribution in [0.4, 0.5) is 0 Å². The molecular formula is C62H105O11P. The van der Waals surface area contributed by atoms with E-state index in [9.17, 15) is 28.9 Å². The maximum absolute atomic E-state index is 12.9. The average molecular weight is 1060 g/mol. The molecule has 11 nitrogen and oxygen atoms in total. The van der Waals surface area contributed by atoms with Crippen LogP contribution in [0.15, 0.2) is 97.2 Å². The first-order chi connectivity index (χ1) is 36.2. The summed E-state index contributed by atoms with van der Waals surface area (Å²) in [5.41, 5.74) is 0. The number of phosphoric acid groups is 1. The van der Waals surface area contributed by atoms with Crippen LogP contribution in [0.25, 0.3) is 0 Å². The van der Waals surface area contributed by atoms with Gasteiger partial charge in [0.2, 0.25) is 0 Å². The molecule has 3 unspecified atom stereocenters. The SMILES string of the molecule is CC/C=C\C/C=C\C/C=C\CCCCCCCC(=O)OC(CO)COP(=O)(O)OCC(COC(=O)CCCCC/C=C\C/C=C\C/C=C\CC)OC(=O)CCCCCCCCCCC/C=C\C/C=C\CCCCC. The van der Waals surface area contributed by atoms with Gasteiger partial charge in [-0.3, -0.25) is 23.4 Å². The van der Waals surface area contributed by atoms with Crippen molar-refractivity contribution in [2.75, 3.05) is 26.4 Å². The Hall–Kier alpha value is -3.60. The standard InChI is InChI=1S/C62H105O11P/c1-4-7-10-13-16-19-22-25-27-28-29-30-32-35-38-41-44-47-50-53-62(66)73-59(55-69-60(64)51-48-45-42-39-36-33-24-21-18-15-12-9-6-3)57-71-74(67,68)70-56-58(54-63)72-61(65)52-49-46-43-40-37-34-31-26-23-20-17-14-11-8-5-2/h8-9,11-12,16-21,25-27,31,33,36,58-59,63H,4-7,10,13-15,22-24,28-30,32,34-35,37-57H2,1-3H3,(H,67,68)/b11-8-,12-9-,19-16-,20-17-,21-18-,27-25-,31-26-,36-33-. The second-order valence-corrected chi connectivity index (χ2v) is 20.5. The van der Waals surface area contributed by atoms with E-state index in [0.717, 1.165) is 122 Å². The monoisotopic (exact) mass is 1060 g/mol. The van der Waals surface area contributed by atoms with Crippen molar-refractivity contribution in [2.45, 2.75) is 251 Å². The van der Waals surface area contributed by atoms with Crippen LogP contribution in [0.2, 0.25) is 0 Å². The fourth-order valence-electron chi connectivity index (χ4n) is 7.59. The van der Waals surface area contributed by atoms with Crippen LogP contribution in [0, 0.1) is 0 Å². The summed E-state index contributed by atoms with van der Waals surface area (Å²) in [5, 5.41) is 9.81. The number of rotatable bonds is 53. The van der Waals surface area contributed by atoms with E-state index in [0.29, 0.717) is 19.3 Å². The second-order valence-electron chi connectivity index (χ2n) is 19.0. The fourth-order valence-corrected chi connectivity index (χ4v) is 8.37. The van der Waals surface area contributed by atoms with Gasteiger partial charge in [0, 0.05) is 19.3 Å². The van der Waals surface area contributed by atoms with Crippen molar-refractivity contribution in [1.82, 2.24) is 0 Å². The van der Waals surface area contributed by atoms with Crippen LogP contribution in [-0.4, -0.2) is 66.5 Å². The van der Waals surface area contributed by atoms with E-state index in [1.807, 2.05) is 0 Å². The highest BCUT2D eigenvalue weighted by molar-refractivity contribution is 7.47. The third-order valence-corrected chi connectivity index (χ3v) is 12.9. The quantitative estimate of drug-likeness (QED) is 0.0197. The van der Waals surface area contributed by atoms with Crippen molar-refractivity contribution in [1.29, 1.82) is 0 Å². The lowest BCUT2D eigenvalue weighted by molar-refractivity contribution is -0.161. The molecule has 3 atom stereocenters. The summed E-state index contributed by atoms with van der Waals surface area (Å²) in [6.45, 7) is 4.34. The fraction of sp³-hybridized carbons (Fsp3) is 0.694. The molecule has 0 aromatic rings. The Kier molecular flexibility index (Phi) is 52.9. The number of allylic oxidation sites excluding steroid dienone is 16. The summed E-state index contributed by atoms with van der Waals surface area (Å²) in [4.78, 5) is 48.5. The molecule has 0 radical (unpaired) electrons. The lowest BCUT2D eigenvalue weighted by Gasteiger charge is -2.21. The van der Waals surface area contributed by atoms with Crippen LogP contribution in [-0.2, 0) is 42.2 Å². The lowest BCUT2D eigenvalue weighted by atomic mass is 10.1. The third kappa shape index (κ3) is 53.2. The number of esters is 3. The number of carbonyl (C=O) groups is 3. The van der Waals surface area contributed by atoms with Crippen LogP contribution in [0.5, 0.6) is 0 Å². The maximum atomic E-state index is 12.9. The highest BCUT2D eigenvalue weighted by atomic mass is 31.2. The molecule has 12 heteroatoms. The van der Waals surface area contributed by atoms with Crippen molar-refractivity contribution in [2.24, 2.45) is 0 Å². The molecule has 0 fully saturated rings. The van der Waals surface area contributed by atoms with Gasteiger partial charge in [-0.2, -0.15) is 0 Å². The van der Waals surface area contributed by atoms with Gasteiger partial charge in [0.1, 0.15) is 12.7 Å². The predicted octanol–water partition coefficient (Wildman–Crippen LogP) is 17.3. The van der Waals surface area contributed by atoms with Gasteiger partial charge in [0.15, 0.2) is 6.10 Å². The summed E-state index contributed by atoms with van der Waals surface area (Å²) in [5.74, 6) is -1.53. The van der Waals surface area contributed by atoms with Crippen LogP contribution in [0.1, 0.15) is 239 Å². The molecular weight excluding hydrogens is 952 g/mol. The van der Waals surface area contributed by atoms with E-state index >= 15 is 0 Å². The minimum atomic E-state index is -4.76. The molecule has 0 rings (SSSR count). The maximum Gasteiger partial charge on any atom is 0.472 e. The molecule has 0 heterocycles. The number of phosphoric ester groups is 1. The number of ether oxygens (including phenoxy) is 3. The van der Waals surface area contributed by atoms with E-state index in [2.05, 4.69) is 118 Å². The van der Waals surface area contributed by atoms with Gasteiger partial charge >= 0.3 is 25.7 Å². The van der Waals surface area contributed by atoms with Crippen molar-refractivity contribution < 1.29 is 52.2 Å². The zero-order valence-electron chi connectivity index (χ0n) is 46.8. The van der Waals surface area contributed by atoms with Crippen LogP contribution in [0.3, 0.4) is 0 Å². The Labute approximate surface area is 451 Å². The van der Waals surface area contributed by atoms with Crippen LogP contribution < -0.4 is 0 Å². The highest BCUT2D eigenvalue weighted by Gasteiger charge is 2.28. The van der Waals surface area contributed by atoms with Crippen molar-refractivity contribution >= 4 is 25.7 Å². The smallest absolute Gasteiger partial charge is 0.462 e. The predicted molar refractivity (Wildman–Crippen MR) is 307 cm³/mol. The van der Waals surface area contributed by atoms with Crippen molar-refractivity contribution in [3.05, 3.63) is 97.2 Å². The molecule has 74 heavy (non-hydrogen) atoms. The van der Waals surface area contributed by atoms with E-state index in [1.54, 1.807) is 0 Å². The number of aliphatic hydroxyl groups excluding tert-OH is 1. The van der Waals surface area contributed by atoms with E-state index in [4.69, 9.17) is 23.3 Å². The molecule has 0 aliphatic carbocycles. The molecule has 0 bridgehead atoms. The third-order valence-electron chi connectivity index (χ3n) is 12.0. The molecule has 0 amide bonds. The average Bonchev–Trinajstić information content (AvgIpc) is 3.39. The summed E-state index contributed by atoms with van der Waals surface area (Å²) in [7, 11) is -4.76. The van der Waals surface area contributed by atoms with Crippen LogP contribution >= 0.6 is 7.82 Å². The van der Waals surface area contributed by atoms with Gasteiger partial charge in [-0.15, -0.1) is 0 Å². The largest absolute Gasteiger partial charge is 0.472 e. The number of carbonyl (C=O) groups excluding carboxylic acids is 3. The first-order valence-corrected chi connectivity index (χ1v) is 30.6. The first-order valence-electron chi connectivity index (χ1n) is 29.1. The Balaban J connectivity index is 4.75. The highest BCUT2D eigenvalue weighted by Crippen LogP contribution is 2.43. The van der Waals surface area contributed by atoms with Gasteiger partial charge in [0.05, 0.1) is 19.8 Å². The summed E-state index contributed by atoms with van der Waals surface area (Å²) < 4.78 is 39.5. The van der Waals surface area contributed by atoms with E-state index < -0.39 is 57.8 Å². The molecule has 0 aromatic carbocycles. The van der Waals surface area contributed by atoms with Gasteiger partial charge < -0.3 is 24.2 Å². The van der Waals surface area contributed by atoms with Gasteiger partial charge in [0.25, 0.3) is 0 Å². The first kappa shape index (κ1) is 70.4. The zero-order valence-corrected chi connectivity index (χ0v) is 47.7. The number of aliphatic hydroxyl groups is 1. The summed E-state index contributed by atoms with van der Waals surface area (Å²) in [6, 6.07) is 0. The molecule has 0 aromatic heterocycles. The number of hydrogen-bond donors (Lipinski definition) is 2. The second kappa shape index (κ2) is 55.6. The topological polar surface area (TPSA) is 155 Å². The Bertz CT molecular complexity index is 1610. The normalized spacial score (nSPS) is 14.1. The minimum absolute atomic E-state index is 0.151. The Morgan fingerprint density at radius 1 is 0.392 bits per heavy atom. The summed E-state index contributed by atoms with van der Waals surface area (Å²) >= 11 is 0. The molecule has 2 N–H and O–H groups in total. The van der Waals surface area contributed by atoms with Crippen molar-refractivity contribution in [3.8, 4) is 0 Å². The van der Waals surface area contributed by atoms with E-state index in [1.165, 1.54) is 57.8 Å². The molecule has 0 aliphatic rings. The molecule has 424 valence electrons. The Morgan fingerprint density at radius 2 is 0.703 bits per heavy atom. The molecule has 0 saturated carbocycles. The zero-order chi connectivity index (χ0) is 54.1. The van der Waals surface area contributed by atoms with Crippen molar-refractivity contribution in [3.63, 3.8) is 0 Å². The van der Waals surface area contributed by atoms with Gasteiger partial charge in [-0.1, -0.05) is 201 Å². The molecule has 0 aliphatic heterocycles. The van der Waals surface area contributed by atoms with E-state index in [-0.39, 0.29) is 25.9 Å². The minimum Gasteiger partial charge on any atom is -0.462 e. The lowest BCUT2D eigenvalue weighted by Crippen LogP contribution is -2.30. The number of hydrogen-bond acceptors (Lipinski definition) is 10. The molecule has 0 spiro atoms.